The summed E-state index contributed by atoms with van der Waals surface area (Å²) in [7, 11) is 1.56. The van der Waals surface area contributed by atoms with Crippen molar-refractivity contribution in [2.24, 2.45) is 0 Å². The van der Waals surface area contributed by atoms with Gasteiger partial charge in [-0.25, -0.2) is 4.98 Å². The quantitative estimate of drug-likeness (QED) is 0.764. The van der Waals surface area contributed by atoms with E-state index in [9.17, 15) is 0 Å². The van der Waals surface area contributed by atoms with Gasteiger partial charge >= 0.3 is 0 Å². The zero-order valence-corrected chi connectivity index (χ0v) is 9.45. The second-order valence-electron chi connectivity index (χ2n) is 2.46. The maximum Gasteiger partial charge on any atom is 0.232 e. The minimum atomic E-state index is 0.481. The van der Waals surface area contributed by atoms with Crippen molar-refractivity contribution in [2.75, 3.05) is 7.11 Å². The van der Waals surface area contributed by atoms with Crippen LogP contribution in [-0.4, -0.2) is 12.1 Å². The third kappa shape index (κ3) is 1.57. The molecule has 12 heavy (non-hydrogen) atoms. The molecule has 0 N–H and O–H groups in total. The summed E-state index contributed by atoms with van der Waals surface area (Å²) in [4.78, 5) is 4.15. The SMILES string of the molecule is COc1nc(C)c(Br)c(C)c1Cl. The molecule has 4 heteroatoms. The Morgan fingerprint density at radius 3 is 2.50 bits per heavy atom. The number of methoxy groups -OCH3 is 1. The Labute approximate surface area is 85.0 Å². The molecule has 0 amide bonds. The van der Waals surface area contributed by atoms with Crippen molar-refractivity contribution in [3.05, 3.63) is 20.8 Å². The number of hydrogen-bond donors (Lipinski definition) is 0. The first kappa shape index (κ1) is 9.81. The van der Waals surface area contributed by atoms with Gasteiger partial charge in [-0.05, 0) is 35.3 Å². The van der Waals surface area contributed by atoms with E-state index in [4.69, 9.17) is 16.3 Å². The fourth-order valence-corrected chi connectivity index (χ4v) is 1.53. The van der Waals surface area contributed by atoms with Gasteiger partial charge in [0.2, 0.25) is 5.88 Å². The van der Waals surface area contributed by atoms with E-state index >= 15 is 0 Å². The first-order valence-electron chi connectivity index (χ1n) is 3.44. The van der Waals surface area contributed by atoms with Crippen LogP contribution in [0.1, 0.15) is 11.3 Å². The summed E-state index contributed by atoms with van der Waals surface area (Å²) in [6, 6.07) is 0. The number of nitrogens with zero attached hydrogens (tertiary/aromatic N) is 1. The number of aryl methyl sites for hydroxylation is 1. The molecule has 0 aliphatic heterocycles. The Morgan fingerprint density at radius 1 is 1.42 bits per heavy atom. The lowest BCUT2D eigenvalue weighted by Gasteiger charge is -2.08. The standard InChI is InChI=1S/C8H9BrClNO/c1-4-6(9)5(2)11-8(12-3)7(4)10/h1-3H3. The minimum Gasteiger partial charge on any atom is -0.480 e. The Kier molecular flexibility index (Phi) is 2.96. The molecule has 1 aromatic rings. The van der Waals surface area contributed by atoms with Crippen molar-refractivity contribution in [3.8, 4) is 5.88 Å². The summed E-state index contributed by atoms with van der Waals surface area (Å²) in [5.41, 5.74) is 1.84. The van der Waals surface area contributed by atoms with Gasteiger partial charge < -0.3 is 4.74 Å². The molecule has 0 bridgehead atoms. The molecular weight excluding hydrogens is 241 g/mol. The molecule has 0 aromatic carbocycles. The Balaban J connectivity index is 3.39. The average molecular weight is 251 g/mol. The molecule has 1 heterocycles. The molecule has 0 aliphatic carbocycles. The highest BCUT2D eigenvalue weighted by Crippen LogP contribution is 2.32. The van der Waals surface area contributed by atoms with E-state index in [1.54, 1.807) is 7.11 Å². The van der Waals surface area contributed by atoms with Crippen LogP contribution >= 0.6 is 27.5 Å². The molecule has 0 fully saturated rings. The van der Waals surface area contributed by atoms with E-state index in [2.05, 4.69) is 20.9 Å². The van der Waals surface area contributed by atoms with Crippen LogP contribution < -0.4 is 4.74 Å². The van der Waals surface area contributed by atoms with Gasteiger partial charge in [-0.15, -0.1) is 0 Å². The van der Waals surface area contributed by atoms with E-state index in [1.165, 1.54) is 0 Å². The van der Waals surface area contributed by atoms with Gasteiger partial charge in [-0.3, -0.25) is 0 Å². The second kappa shape index (κ2) is 3.62. The molecule has 0 aliphatic rings. The maximum atomic E-state index is 5.95. The van der Waals surface area contributed by atoms with Crippen molar-refractivity contribution in [1.29, 1.82) is 0 Å². The molecule has 2 nitrogen and oxygen atoms in total. The number of pyridine rings is 1. The smallest absolute Gasteiger partial charge is 0.232 e. The highest BCUT2D eigenvalue weighted by molar-refractivity contribution is 9.10. The van der Waals surface area contributed by atoms with Gasteiger partial charge in [-0.2, -0.15) is 0 Å². The third-order valence-corrected chi connectivity index (χ3v) is 3.24. The van der Waals surface area contributed by atoms with Gasteiger partial charge in [0, 0.05) is 4.47 Å². The van der Waals surface area contributed by atoms with E-state index < -0.39 is 0 Å². The van der Waals surface area contributed by atoms with Crippen LogP contribution in [0.25, 0.3) is 0 Å². The molecular formula is C8H9BrClNO. The molecule has 0 unspecified atom stereocenters. The Hall–Kier alpha value is -0.280. The Bertz CT molecular complexity index is 314. The van der Waals surface area contributed by atoms with Crippen molar-refractivity contribution >= 4 is 27.5 Å². The highest BCUT2D eigenvalue weighted by atomic mass is 79.9. The van der Waals surface area contributed by atoms with Crippen LogP contribution in [0.2, 0.25) is 5.02 Å². The monoisotopic (exact) mass is 249 g/mol. The molecule has 0 radical (unpaired) electrons. The van der Waals surface area contributed by atoms with Gasteiger partial charge in [0.25, 0.3) is 0 Å². The maximum absolute atomic E-state index is 5.95. The zero-order valence-electron chi connectivity index (χ0n) is 7.11. The lowest BCUT2D eigenvalue weighted by atomic mass is 10.2. The van der Waals surface area contributed by atoms with Crippen LogP contribution in [0.4, 0.5) is 0 Å². The lowest BCUT2D eigenvalue weighted by molar-refractivity contribution is 0.396. The van der Waals surface area contributed by atoms with Crippen molar-refractivity contribution in [2.45, 2.75) is 13.8 Å². The van der Waals surface area contributed by atoms with E-state index in [1.807, 2.05) is 13.8 Å². The van der Waals surface area contributed by atoms with Gasteiger partial charge in [-0.1, -0.05) is 11.6 Å². The van der Waals surface area contributed by atoms with Crippen LogP contribution in [-0.2, 0) is 0 Å². The minimum absolute atomic E-state index is 0.481. The van der Waals surface area contributed by atoms with Crippen LogP contribution in [0.5, 0.6) is 5.88 Å². The summed E-state index contributed by atoms with van der Waals surface area (Å²) in [5, 5.41) is 0.565. The van der Waals surface area contributed by atoms with E-state index in [0.29, 0.717) is 10.9 Å². The highest BCUT2D eigenvalue weighted by Gasteiger charge is 2.11. The van der Waals surface area contributed by atoms with Crippen LogP contribution in [0.3, 0.4) is 0 Å². The van der Waals surface area contributed by atoms with Crippen molar-refractivity contribution in [3.63, 3.8) is 0 Å². The number of aromatic nitrogens is 1. The summed E-state index contributed by atoms with van der Waals surface area (Å²) in [5.74, 6) is 0.481. The van der Waals surface area contributed by atoms with Crippen molar-refractivity contribution in [1.82, 2.24) is 4.98 Å². The molecule has 0 saturated heterocycles. The number of ether oxygens (including phenoxy) is 1. The van der Waals surface area contributed by atoms with Gasteiger partial charge in [0.15, 0.2) is 0 Å². The predicted octanol–water partition coefficient (Wildman–Crippen LogP) is 3.12. The summed E-state index contributed by atoms with van der Waals surface area (Å²) in [6.45, 7) is 3.82. The Morgan fingerprint density at radius 2 is 2.00 bits per heavy atom. The van der Waals surface area contributed by atoms with Gasteiger partial charge in [0.1, 0.15) is 5.02 Å². The summed E-state index contributed by atoms with van der Waals surface area (Å²) in [6.07, 6.45) is 0. The molecule has 1 rings (SSSR count). The fourth-order valence-electron chi connectivity index (χ4n) is 0.914. The normalized spacial score (nSPS) is 10.1. The number of rotatable bonds is 1. The largest absolute Gasteiger partial charge is 0.480 e. The van der Waals surface area contributed by atoms with Gasteiger partial charge in [0.05, 0.1) is 12.8 Å². The second-order valence-corrected chi connectivity index (χ2v) is 3.63. The molecule has 66 valence electrons. The molecule has 0 spiro atoms. The molecule has 0 saturated carbocycles. The summed E-state index contributed by atoms with van der Waals surface area (Å²) >= 11 is 9.34. The number of halogens is 2. The van der Waals surface area contributed by atoms with E-state index in [-0.39, 0.29) is 0 Å². The predicted molar refractivity (Wildman–Crippen MR) is 53.0 cm³/mol. The molecule has 0 atom stereocenters. The number of hydrogen-bond acceptors (Lipinski definition) is 2. The lowest BCUT2D eigenvalue weighted by Crippen LogP contribution is -1.95. The topological polar surface area (TPSA) is 22.1 Å². The average Bonchev–Trinajstić information content (AvgIpc) is 2.08. The summed E-state index contributed by atoms with van der Waals surface area (Å²) < 4.78 is 5.94. The fraction of sp³-hybridized carbons (Fsp3) is 0.375. The van der Waals surface area contributed by atoms with E-state index in [0.717, 1.165) is 15.7 Å². The zero-order chi connectivity index (χ0) is 9.30. The van der Waals surface area contributed by atoms with Crippen molar-refractivity contribution < 1.29 is 4.74 Å². The first-order chi connectivity index (χ1) is 5.57. The van der Waals surface area contributed by atoms with Crippen LogP contribution in [0, 0.1) is 13.8 Å². The third-order valence-electron chi connectivity index (χ3n) is 1.63. The molecule has 1 aromatic heterocycles. The first-order valence-corrected chi connectivity index (χ1v) is 4.61. The van der Waals surface area contributed by atoms with Crippen LogP contribution in [0.15, 0.2) is 4.47 Å².